The summed E-state index contributed by atoms with van der Waals surface area (Å²) >= 11 is 0. The summed E-state index contributed by atoms with van der Waals surface area (Å²) in [5, 5.41) is 0. The van der Waals surface area contributed by atoms with Crippen molar-refractivity contribution in [2.24, 2.45) is 0 Å². The van der Waals surface area contributed by atoms with Gasteiger partial charge in [0, 0.05) is 12.2 Å². The SMILES string of the molecule is CCN(c1ccccc1)S(=O)(=O)c1ccc(N)cc1F. The van der Waals surface area contributed by atoms with Crippen LogP contribution in [-0.4, -0.2) is 15.0 Å². The van der Waals surface area contributed by atoms with E-state index in [0.29, 0.717) is 5.69 Å². The molecule has 4 nitrogen and oxygen atoms in total. The van der Waals surface area contributed by atoms with E-state index in [1.165, 1.54) is 12.1 Å². The van der Waals surface area contributed by atoms with E-state index >= 15 is 0 Å². The fraction of sp³-hybridized carbons (Fsp3) is 0.143. The summed E-state index contributed by atoms with van der Waals surface area (Å²) in [6.07, 6.45) is 0. The number of sulfonamides is 1. The lowest BCUT2D eigenvalue weighted by Crippen LogP contribution is -2.31. The van der Waals surface area contributed by atoms with Gasteiger partial charge >= 0.3 is 0 Å². The van der Waals surface area contributed by atoms with Gasteiger partial charge in [-0.15, -0.1) is 0 Å². The van der Waals surface area contributed by atoms with Crippen LogP contribution in [0.4, 0.5) is 15.8 Å². The summed E-state index contributed by atoms with van der Waals surface area (Å²) in [7, 11) is -3.95. The number of rotatable bonds is 4. The molecule has 0 fully saturated rings. The maximum absolute atomic E-state index is 13.9. The number of hydrogen-bond donors (Lipinski definition) is 1. The van der Waals surface area contributed by atoms with E-state index in [1.54, 1.807) is 37.3 Å². The van der Waals surface area contributed by atoms with E-state index in [0.717, 1.165) is 10.4 Å². The first-order chi connectivity index (χ1) is 9.46. The monoisotopic (exact) mass is 294 g/mol. The number of nitrogens with two attached hydrogens (primary N) is 1. The number of benzene rings is 2. The Labute approximate surface area is 117 Å². The lowest BCUT2D eigenvalue weighted by atomic mass is 10.3. The molecule has 2 aromatic rings. The molecular weight excluding hydrogens is 279 g/mol. The first kappa shape index (κ1) is 14.3. The summed E-state index contributed by atoms with van der Waals surface area (Å²) in [5.74, 6) is -0.848. The van der Waals surface area contributed by atoms with Gasteiger partial charge in [-0.2, -0.15) is 0 Å². The number of halogens is 1. The molecule has 0 spiro atoms. The Morgan fingerprint density at radius 2 is 1.80 bits per heavy atom. The quantitative estimate of drug-likeness (QED) is 0.882. The number of para-hydroxylation sites is 1. The van der Waals surface area contributed by atoms with Crippen LogP contribution in [0.3, 0.4) is 0 Å². The lowest BCUT2D eigenvalue weighted by Gasteiger charge is -2.23. The Morgan fingerprint density at radius 3 is 2.35 bits per heavy atom. The average molecular weight is 294 g/mol. The molecule has 6 heteroatoms. The van der Waals surface area contributed by atoms with Crippen molar-refractivity contribution in [2.75, 3.05) is 16.6 Å². The molecule has 0 bridgehead atoms. The highest BCUT2D eigenvalue weighted by atomic mass is 32.2. The molecule has 0 saturated heterocycles. The van der Waals surface area contributed by atoms with E-state index in [4.69, 9.17) is 5.73 Å². The summed E-state index contributed by atoms with van der Waals surface area (Å²) in [6.45, 7) is 1.90. The third-order valence-corrected chi connectivity index (χ3v) is 4.79. The van der Waals surface area contributed by atoms with Crippen LogP contribution < -0.4 is 10.0 Å². The lowest BCUT2D eigenvalue weighted by molar-refractivity contribution is 0.564. The van der Waals surface area contributed by atoms with Gasteiger partial charge in [-0.3, -0.25) is 4.31 Å². The summed E-state index contributed by atoms with van der Waals surface area (Å²) < 4.78 is 40.1. The highest BCUT2D eigenvalue weighted by Crippen LogP contribution is 2.25. The molecule has 0 saturated carbocycles. The zero-order valence-corrected chi connectivity index (χ0v) is 11.8. The minimum atomic E-state index is -3.95. The van der Waals surface area contributed by atoms with Crippen molar-refractivity contribution < 1.29 is 12.8 Å². The summed E-state index contributed by atoms with van der Waals surface area (Å²) in [6, 6.07) is 12.1. The molecule has 106 valence electrons. The minimum absolute atomic E-state index is 0.184. The van der Waals surface area contributed by atoms with Crippen molar-refractivity contribution in [1.29, 1.82) is 0 Å². The second-order valence-corrected chi connectivity index (χ2v) is 6.03. The van der Waals surface area contributed by atoms with Crippen molar-refractivity contribution in [3.63, 3.8) is 0 Å². The molecule has 0 radical (unpaired) electrons. The summed E-state index contributed by atoms with van der Waals surface area (Å²) in [5.41, 5.74) is 6.12. The van der Waals surface area contributed by atoms with Gasteiger partial charge in [-0.05, 0) is 37.3 Å². The molecule has 2 aromatic carbocycles. The normalized spacial score (nSPS) is 11.3. The van der Waals surface area contributed by atoms with Crippen LogP contribution in [-0.2, 0) is 10.0 Å². The van der Waals surface area contributed by atoms with Gasteiger partial charge in [-0.1, -0.05) is 18.2 Å². The number of nitrogens with zero attached hydrogens (tertiary/aromatic N) is 1. The van der Waals surface area contributed by atoms with Gasteiger partial charge in [0.2, 0.25) is 0 Å². The fourth-order valence-electron chi connectivity index (χ4n) is 1.93. The van der Waals surface area contributed by atoms with Crippen LogP contribution in [0.15, 0.2) is 53.4 Å². The number of nitrogen functional groups attached to an aromatic ring is 1. The van der Waals surface area contributed by atoms with Crippen molar-refractivity contribution in [3.8, 4) is 0 Å². The standard InChI is InChI=1S/C14H15FN2O2S/c1-2-17(12-6-4-3-5-7-12)20(18,19)14-9-8-11(16)10-13(14)15/h3-10H,2,16H2,1H3. The van der Waals surface area contributed by atoms with E-state index in [9.17, 15) is 12.8 Å². The Bertz CT molecular complexity index is 702. The molecular formula is C14H15FN2O2S. The molecule has 0 unspecified atom stereocenters. The second-order valence-electron chi connectivity index (χ2n) is 4.20. The van der Waals surface area contributed by atoms with Gasteiger partial charge in [0.1, 0.15) is 10.7 Å². The van der Waals surface area contributed by atoms with Gasteiger partial charge in [-0.25, -0.2) is 12.8 Å². The predicted octanol–water partition coefficient (Wildman–Crippen LogP) is 2.62. The van der Waals surface area contributed by atoms with E-state index in [-0.39, 0.29) is 17.1 Å². The topological polar surface area (TPSA) is 63.4 Å². The Balaban J connectivity index is 2.53. The fourth-order valence-corrected chi connectivity index (χ4v) is 3.45. The van der Waals surface area contributed by atoms with Gasteiger partial charge in [0.05, 0.1) is 5.69 Å². The van der Waals surface area contributed by atoms with E-state index < -0.39 is 15.8 Å². The molecule has 2 rings (SSSR count). The number of hydrogen-bond acceptors (Lipinski definition) is 3. The van der Waals surface area contributed by atoms with Crippen molar-refractivity contribution in [1.82, 2.24) is 0 Å². The molecule has 2 N–H and O–H groups in total. The third kappa shape index (κ3) is 2.60. The van der Waals surface area contributed by atoms with Gasteiger partial charge < -0.3 is 5.73 Å². The van der Waals surface area contributed by atoms with E-state index in [2.05, 4.69) is 0 Å². The summed E-state index contributed by atoms with van der Waals surface area (Å²) in [4.78, 5) is -0.377. The molecule has 0 aromatic heterocycles. The predicted molar refractivity (Wildman–Crippen MR) is 77.5 cm³/mol. The number of anilines is 2. The molecule has 20 heavy (non-hydrogen) atoms. The molecule has 0 aliphatic carbocycles. The van der Waals surface area contributed by atoms with Crippen LogP contribution in [0.25, 0.3) is 0 Å². The van der Waals surface area contributed by atoms with Crippen LogP contribution in [0.1, 0.15) is 6.92 Å². The van der Waals surface area contributed by atoms with Crippen molar-refractivity contribution in [3.05, 3.63) is 54.3 Å². The molecule has 0 aliphatic rings. The van der Waals surface area contributed by atoms with E-state index in [1.807, 2.05) is 0 Å². The van der Waals surface area contributed by atoms with Crippen molar-refractivity contribution >= 4 is 21.4 Å². The molecule has 0 amide bonds. The maximum Gasteiger partial charge on any atom is 0.267 e. The largest absolute Gasteiger partial charge is 0.399 e. The zero-order chi connectivity index (χ0) is 14.8. The first-order valence-corrected chi connectivity index (χ1v) is 7.53. The highest BCUT2D eigenvalue weighted by Gasteiger charge is 2.26. The second kappa shape index (κ2) is 5.50. The van der Waals surface area contributed by atoms with Crippen LogP contribution in [0.2, 0.25) is 0 Å². The Morgan fingerprint density at radius 1 is 1.15 bits per heavy atom. The van der Waals surface area contributed by atoms with Gasteiger partial charge in [0.25, 0.3) is 10.0 Å². The molecule has 0 aliphatic heterocycles. The zero-order valence-electron chi connectivity index (χ0n) is 11.0. The molecule has 0 atom stereocenters. The smallest absolute Gasteiger partial charge is 0.267 e. The Kier molecular flexibility index (Phi) is 3.94. The van der Waals surface area contributed by atoms with Gasteiger partial charge in [0.15, 0.2) is 0 Å². The minimum Gasteiger partial charge on any atom is -0.399 e. The van der Waals surface area contributed by atoms with Crippen molar-refractivity contribution in [2.45, 2.75) is 11.8 Å². The molecule has 0 heterocycles. The van der Waals surface area contributed by atoms with Crippen LogP contribution in [0, 0.1) is 5.82 Å². The first-order valence-electron chi connectivity index (χ1n) is 6.09. The average Bonchev–Trinajstić information content (AvgIpc) is 2.40. The van der Waals surface area contributed by atoms with Crippen LogP contribution >= 0.6 is 0 Å². The van der Waals surface area contributed by atoms with Crippen LogP contribution in [0.5, 0.6) is 0 Å². The maximum atomic E-state index is 13.9. The highest BCUT2D eigenvalue weighted by molar-refractivity contribution is 7.92. The third-order valence-electron chi connectivity index (χ3n) is 2.86. The Hall–Kier alpha value is -2.08.